The zero-order valence-electron chi connectivity index (χ0n) is 14.1. The molecule has 24 heavy (non-hydrogen) atoms. The third kappa shape index (κ3) is 2.88. The number of aromatic nitrogens is 3. The van der Waals surface area contributed by atoms with Gasteiger partial charge in [-0.05, 0) is 37.0 Å². The summed E-state index contributed by atoms with van der Waals surface area (Å²) in [7, 11) is 1.78. The number of furan rings is 1. The van der Waals surface area contributed by atoms with Gasteiger partial charge in [0.15, 0.2) is 5.82 Å². The van der Waals surface area contributed by atoms with Crippen molar-refractivity contribution >= 4 is 12.0 Å². The van der Waals surface area contributed by atoms with Crippen LogP contribution in [-0.2, 0) is 24.3 Å². The maximum atomic E-state index is 12.3. The third-order valence-electron chi connectivity index (χ3n) is 4.95. The highest BCUT2D eigenvalue weighted by Gasteiger charge is 2.36. The van der Waals surface area contributed by atoms with Gasteiger partial charge in [0.1, 0.15) is 17.3 Å². The van der Waals surface area contributed by atoms with Gasteiger partial charge in [-0.2, -0.15) is 0 Å². The molecule has 2 aromatic rings. The summed E-state index contributed by atoms with van der Waals surface area (Å²) >= 11 is 0. The highest BCUT2D eigenvalue weighted by molar-refractivity contribution is 5.91. The van der Waals surface area contributed by atoms with E-state index < -0.39 is 0 Å². The molecule has 4 rings (SSSR count). The van der Waals surface area contributed by atoms with Crippen molar-refractivity contribution in [1.82, 2.24) is 19.7 Å². The van der Waals surface area contributed by atoms with Gasteiger partial charge in [0.05, 0.1) is 6.54 Å². The maximum absolute atomic E-state index is 12.3. The summed E-state index contributed by atoms with van der Waals surface area (Å²) < 4.78 is 7.90. The topological polar surface area (TPSA) is 64.2 Å². The first-order chi connectivity index (χ1) is 11.6. The van der Waals surface area contributed by atoms with E-state index >= 15 is 0 Å². The molecule has 6 heteroatoms. The zero-order chi connectivity index (χ0) is 16.7. The number of carbonyl (C=O) groups is 1. The molecule has 3 heterocycles. The summed E-state index contributed by atoms with van der Waals surface area (Å²) in [6.07, 6.45) is 6.58. The number of hydrogen-bond donors (Lipinski definition) is 0. The predicted octanol–water partition coefficient (Wildman–Crippen LogP) is 2.61. The predicted molar refractivity (Wildman–Crippen MR) is 89.1 cm³/mol. The Hall–Kier alpha value is -2.37. The van der Waals surface area contributed by atoms with Gasteiger partial charge < -0.3 is 13.9 Å². The molecule has 0 bridgehead atoms. The second-order valence-corrected chi connectivity index (χ2v) is 6.87. The van der Waals surface area contributed by atoms with Crippen LogP contribution >= 0.6 is 0 Å². The minimum absolute atomic E-state index is 0.0666. The Morgan fingerprint density at radius 1 is 1.46 bits per heavy atom. The third-order valence-corrected chi connectivity index (χ3v) is 4.95. The van der Waals surface area contributed by atoms with Gasteiger partial charge in [0.25, 0.3) is 0 Å². The smallest absolute Gasteiger partial charge is 0.246 e. The first-order valence-corrected chi connectivity index (χ1v) is 8.55. The molecule has 2 aliphatic rings. The minimum atomic E-state index is -0.0666. The summed E-state index contributed by atoms with van der Waals surface area (Å²) in [4.78, 5) is 13.9. The van der Waals surface area contributed by atoms with Gasteiger partial charge in [-0.15, -0.1) is 10.2 Å². The Bertz CT molecular complexity index is 789. The van der Waals surface area contributed by atoms with Crippen molar-refractivity contribution in [3.63, 3.8) is 0 Å². The van der Waals surface area contributed by atoms with E-state index in [9.17, 15) is 4.79 Å². The average molecular weight is 326 g/mol. The fourth-order valence-corrected chi connectivity index (χ4v) is 3.27. The monoisotopic (exact) mass is 326 g/mol. The summed E-state index contributed by atoms with van der Waals surface area (Å²) in [6.45, 7) is 3.64. The van der Waals surface area contributed by atoms with Crippen molar-refractivity contribution in [3.8, 4) is 0 Å². The molecule has 0 N–H and O–H groups in total. The van der Waals surface area contributed by atoms with Crippen LogP contribution in [0.5, 0.6) is 0 Å². The molecule has 6 nitrogen and oxygen atoms in total. The fraction of sp³-hybridized carbons (Fsp3) is 0.500. The number of carbonyl (C=O) groups excluding carboxylic acids is 1. The largest absolute Gasteiger partial charge is 0.461 e. The van der Waals surface area contributed by atoms with Crippen molar-refractivity contribution in [1.29, 1.82) is 0 Å². The second kappa shape index (κ2) is 5.92. The van der Waals surface area contributed by atoms with Crippen molar-refractivity contribution in [3.05, 3.63) is 41.4 Å². The Balaban J connectivity index is 1.37. The van der Waals surface area contributed by atoms with Crippen molar-refractivity contribution < 1.29 is 9.21 Å². The van der Waals surface area contributed by atoms with Crippen molar-refractivity contribution in [2.24, 2.45) is 5.92 Å². The van der Waals surface area contributed by atoms with Gasteiger partial charge >= 0.3 is 0 Å². The van der Waals surface area contributed by atoms with Crippen LogP contribution in [0.1, 0.15) is 48.9 Å². The number of nitrogens with zero attached hydrogens (tertiary/aromatic N) is 4. The molecule has 1 amide bonds. The van der Waals surface area contributed by atoms with Gasteiger partial charge in [-0.25, -0.2) is 0 Å². The van der Waals surface area contributed by atoms with Crippen LogP contribution in [0.2, 0.25) is 0 Å². The van der Waals surface area contributed by atoms with Crippen LogP contribution in [0.4, 0.5) is 0 Å². The van der Waals surface area contributed by atoms with Gasteiger partial charge in [0.2, 0.25) is 5.91 Å². The van der Waals surface area contributed by atoms with E-state index in [1.165, 1.54) is 6.42 Å². The highest BCUT2D eigenvalue weighted by Crippen LogP contribution is 2.47. The Morgan fingerprint density at radius 2 is 2.29 bits per heavy atom. The SMILES string of the molecule is CC1CC1c1ccc(C=CC(=O)N(C)Cc2nnc3n2CCC3)o1. The number of hydrogen-bond acceptors (Lipinski definition) is 4. The van der Waals surface area contributed by atoms with Crippen LogP contribution in [-0.4, -0.2) is 32.6 Å². The number of amides is 1. The molecule has 2 unspecified atom stereocenters. The normalized spacial score (nSPS) is 22.1. The molecule has 2 atom stereocenters. The van der Waals surface area contributed by atoms with Crippen LogP contribution in [0, 0.1) is 5.92 Å². The van der Waals surface area contributed by atoms with Crippen molar-refractivity contribution in [2.75, 3.05) is 7.05 Å². The first-order valence-electron chi connectivity index (χ1n) is 8.55. The molecular formula is C18H22N4O2. The Kier molecular flexibility index (Phi) is 3.75. The molecule has 0 aromatic carbocycles. The summed E-state index contributed by atoms with van der Waals surface area (Å²) in [5.74, 6) is 4.85. The Labute approximate surface area is 141 Å². The molecule has 1 aliphatic carbocycles. The number of likely N-dealkylation sites (N-methyl/N-ethyl adjacent to an activating group) is 1. The van der Waals surface area contributed by atoms with Gasteiger partial charge in [-0.1, -0.05) is 6.92 Å². The van der Waals surface area contributed by atoms with E-state index in [0.717, 1.165) is 42.6 Å². The minimum Gasteiger partial charge on any atom is -0.461 e. The molecule has 0 spiro atoms. The summed E-state index contributed by atoms with van der Waals surface area (Å²) in [5, 5.41) is 8.37. The lowest BCUT2D eigenvalue weighted by Gasteiger charge is -2.14. The highest BCUT2D eigenvalue weighted by atomic mass is 16.3. The molecule has 2 aromatic heterocycles. The number of fused-ring (bicyclic) bond motifs is 1. The average Bonchev–Trinajstić information content (AvgIpc) is 3.00. The van der Waals surface area contributed by atoms with E-state index in [1.807, 2.05) is 12.1 Å². The fourth-order valence-electron chi connectivity index (χ4n) is 3.27. The molecule has 0 saturated heterocycles. The van der Waals surface area contributed by atoms with Crippen LogP contribution in [0.3, 0.4) is 0 Å². The lowest BCUT2D eigenvalue weighted by atomic mass is 10.3. The summed E-state index contributed by atoms with van der Waals surface area (Å²) in [6, 6.07) is 3.94. The summed E-state index contributed by atoms with van der Waals surface area (Å²) in [5.41, 5.74) is 0. The number of rotatable bonds is 5. The van der Waals surface area contributed by atoms with E-state index in [1.54, 1.807) is 24.1 Å². The van der Waals surface area contributed by atoms with E-state index in [2.05, 4.69) is 21.7 Å². The van der Waals surface area contributed by atoms with Crippen molar-refractivity contribution in [2.45, 2.75) is 45.2 Å². The number of aryl methyl sites for hydroxylation is 1. The lowest BCUT2D eigenvalue weighted by Crippen LogP contribution is -2.25. The molecular weight excluding hydrogens is 304 g/mol. The Morgan fingerprint density at radius 3 is 3.08 bits per heavy atom. The standard InChI is InChI=1S/C18H22N4O2/c1-12-10-14(12)15-7-5-13(24-15)6-8-18(23)21(2)11-17-20-19-16-4-3-9-22(16)17/h5-8,12,14H,3-4,9-11H2,1-2H3. The van der Waals surface area contributed by atoms with Crippen LogP contribution in [0.25, 0.3) is 6.08 Å². The zero-order valence-corrected chi connectivity index (χ0v) is 14.1. The molecule has 1 saturated carbocycles. The molecule has 1 aliphatic heterocycles. The lowest BCUT2D eigenvalue weighted by molar-refractivity contribution is -0.125. The second-order valence-electron chi connectivity index (χ2n) is 6.87. The van der Waals surface area contributed by atoms with Gasteiger partial charge in [-0.3, -0.25) is 4.79 Å². The quantitative estimate of drug-likeness (QED) is 0.792. The van der Waals surface area contributed by atoms with E-state index in [4.69, 9.17) is 4.42 Å². The van der Waals surface area contributed by atoms with Crippen LogP contribution in [0.15, 0.2) is 22.6 Å². The van der Waals surface area contributed by atoms with Gasteiger partial charge in [0, 0.05) is 32.0 Å². The van der Waals surface area contributed by atoms with Crippen LogP contribution < -0.4 is 0 Å². The molecule has 0 radical (unpaired) electrons. The first kappa shape index (κ1) is 15.2. The molecule has 126 valence electrons. The van der Waals surface area contributed by atoms with E-state index in [0.29, 0.717) is 18.4 Å². The van der Waals surface area contributed by atoms with E-state index in [-0.39, 0.29) is 5.91 Å². The maximum Gasteiger partial charge on any atom is 0.246 e. The molecule has 1 fully saturated rings.